The maximum atomic E-state index is 12.2. The van der Waals surface area contributed by atoms with Crippen molar-refractivity contribution in [3.63, 3.8) is 0 Å². The zero-order chi connectivity index (χ0) is 13.0. The van der Waals surface area contributed by atoms with Gasteiger partial charge in [0.15, 0.2) is 0 Å². The normalized spacial score (nSPS) is 23.7. The van der Waals surface area contributed by atoms with Gasteiger partial charge in [-0.1, -0.05) is 25.0 Å². The number of benzene rings is 1. The van der Waals surface area contributed by atoms with E-state index in [1.54, 1.807) is 11.8 Å². The molecule has 1 aromatic rings. The lowest BCUT2D eigenvalue weighted by atomic mass is 9.84. The van der Waals surface area contributed by atoms with Gasteiger partial charge in [0.2, 0.25) is 5.91 Å². The van der Waals surface area contributed by atoms with E-state index in [2.05, 4.69) is 5.32 Å². The highest BCUT2D eigenvalue weighted by molar-refractivity contribution is 7.98. The molecule has 0 radical (unpaired) electrons. The Hall–Kier alpha value is -1.00. The van der Waals surface area contributed by atoms with Crippen LogP contribution in [0.1, 0.15) is 25.7 Å². The first kappa shape index (κ1) is 13.4. The summed E-state index contributed by atoms with van der Waals surface area (Å²) >= 11 is 1.64. The van der Waals surface area contributed by atoms with Gasteiger partial charge in [-0.15, -0.1) is 11.8 Å². The van der Waals surface area contributed by atoms with Gasteiger partial charge in [-0.2, -0.15) is 0 Å². The lowest BCUT2D eigenvalue weighted by Crippen LogP contribution is -2.40. The molecule has 1 aliphatic carbocycles. The summed E-state index contributed by atoms with van der Waals surface area (Å²) in [5.74, 6) is 0.0392. The highest BCUT2D eigenvalue weighted by atomic mass is 32.2. The number of nitrogens with two attached hydrogens (primary N) is 1. The molecule has 0 heterocycles. The molecule has 3 nitrogen and oxygen atoms in total. The van der Waals surface area contributed by atoms with Gasteiger partial charge in [0.25, 0.3) is 0 Å². The van der Waals surface area contributed by atoms with Crippen LogP contribution in [0.2, 0.25) is 0 Å². The van der Waals surface area contributed by atoms with Crippen LogP contribution in [-0.4, -0.2) is 18.2 Å². The molecule has 1 fully saturated rings. The number of nitrogens with one attached hydrogen (secondary N) is 1. The zero-order valence-electron chi connectivity index (χ0n) is 10.7. The third-order valence-electron chi connectivity index (χ3n) is 3.52. The van der Waals surface area contributed by atoms with Crippen molar-refractivity contribution in [1.82, 2.24) is 0 Å². The molecule has 3 N–H and O–H groups in total. The maximum Gasteiger partial charge on any atom is 0.229 e. The number of hydrogen-bond acceptors (Lipinski definition) is 3. The van der Waals surface area contributed by atoms with Gasteiger partial charge in [-0.05, 0) is 31.2 Å². The summed E-state index contributed by atoms with van der Waals surface area (Å²) in [6, 6.07) is 7.89. The van der Waals surface area contributed by atoms with E-state index < -0.39 is 0 Å². The monoisotopic (exact) mass is 264 g/mol. The fraction of sp³-hybridized carbons (Fsp3) is 0.500. The minimum Gasteiger partial charge on any atom is -0.327 e. The number of thioether (sulfide) groups is 1. The topological polar surface area (TPSA) is 55.1 Å². The molecule has 4 heteroatoms. The fourth-order valence-electron chi connectivity index (χ4n) is 2.46. The Balaban J connectivity index is 2.06. The lowest BCUT2D eigenvalue weighted by molar-refractivity contribution is -0.121. The smallest absolute Gasteiger partial charge is 0.229 e. The van der Waals surface area contributed by atoms with Crippen LogP contribution in [0.4, 0.5) is 5.69 Å². The predicted molar refractivity (Wildman–Crippen MR) is 76.8 cm³/mol. The number of rotatable bonds is 3. The van der Waals surface area contributed by atoms with E-state index in [0.29, 0.717) is 0 Å². The van der Waals surface area contributed by atoms with E-state index in [-0.39, 0.29) is 17.9 Å². The van der Waals surface area contributed by atoms with E-state index in [1.165, 1.54) is 0 Å². The number of carbonyl (C=O) groups is 1. The number of hydrogen-bond donors (Lipinski definition) is 2. The molecular weight excluding hydrogens is 244 g/mol. The number of amides is 1. The second kappa shape index (κ2) is 6.25. The second-order valence-corrected chi connectivity index (χ2v) is 5.59. The van der Waals surface area contributed by atoms with Crippen LogP contribution in [0.5, 0.6) is 0 Å². The van der Waals surface area contributed by atoms with Crippen LogP contribution >= 0.6 is 11.8 Å². The van der Waals surface area contributed by atoms with E-state index in [0.717, 1.165) is 36.3 Å². The average molecular weight is 264 g/mol. The van der Waals surface area contributed by atoms with Gasteiger partial charge in [0, 0.05) is 10.9 Å². The van der Waals surface area contributed by atoms with Crippen molar-refractivity contribution in [2.75, 3.05) is 11.6 Å². The molecule has 2 atom stereocenters. The molecule has 18 heavy (non-hydrogen) atoms. The first-order chi connectivity index (χ1) is 8.72. The maximum absolute atomic E-state index is 12.2. The molecule has 0 aromatic heterocycles. The number of carbonyl (C=O) groups excluding carboxylic acids is 1. The van der Waals surface area contributed by atoms with E-state index in [9.17, 15) is 4.79 Å². The van der Waals surface area contributed by atoms with Crippen LogP contribution in [0.15, 0.2) is 29.2 Å². The Kier molecular flexibility index (Phi) is 4.66. The van der Waals surface area contributed by atoms with Crippen molar-refractivity contribution in [3.05, 3.63) is 24.3 Å². The molecule has 0 saturated heterocycles. The van der Waals surface area contributed by atoms with Gasteiger partial charge >= 0.3 is 0 Å². The molecule has 0 bridgehead atoms. The molecule has 1 aliphatic rings. The number of para-hydroxylation sites is 1. The van der Waals surface area contributed by atoms with Crippen LogP contribution < -0.4 is 11.1 Å². The molecule has 0 spiro atoms. The zero-order valence-corrected chi connectivity index (χ0v) is 11.5. The van der Waals surface area contributed by atoms with Crippen molar-refractivity contribution in [2.45, 2.75) is 36.6 Å². The van der Waals surface area contributed by atoms with E-state index in [1.807, 2.05) is 30.5 Å². The molecule has 98 valence electrons. The van der Waals surface area contributed by atoms with Gasteiger partial charge in [0.05, 0.1) is 11.6 Å². The average Bonchev–Trinajstić information content (AvgIpc) is 2.39. The molecule has 1 saturated carbocycles. The third kappa shape index (κ3) is 3.06. The van der Waals surface area contributed by atoms with Crippen molar-refractivity contribution >= 4 is 23.4 Å². The lowest BCUT2D eigenvalue weighted by Gasteiger charge is -2.27. The Bertz CT molecular complexity index is 422. The summed E-state index contributed by atoms with van der Waals surface area (Å²) in [6.07, 6.45) is 6.14. The summed E-state index contributed by atoms with van der Waals surface area (Å²) in [5.41, 5.74) is 6.93. The Labute approximate surface area is 113 Å². The fourth-order valence-corrected chi connectivity index (χ4v) is 3.01. The third-order valence-corrected chi connectivity index (χ3v) is 4.32. The van der Waals surface area contributed by atoms with Gasteiger partial charge in [-0.3, -0.25) is 4.79 Å². The van der Waals surface area contributed by atoms with Crippen molar-refractivity contribution < 1.29 is 4.79 Å². The molecule has 2 unspecified atom stereocenters. The van der Waals surface area contributed by atoms with Crippen molar-refractivity contribution in [1.29, 1.82) is 0 Å². The van der Waals surface area contributed by atoms with Crippen LogP contribution in [0, 0.1) is 5.92 Å². The van der Waals surface area contributed by atoms with Crippen LogP contribution in [0.25, 0.3) is 0 Å². The van der Waals surface area contributed by atoms with Crippen LogP contribution in [0.3, 0.4) is 0 Å². The summed E-state index contributed by atoms with van der Waals surface area (Å²) in [5, 5.41) is 3.02. The molecule has 2 rings (SSSR count). The summed E-state index contributed by atoms with van der Waals surface area (Å²) < 4.78 is 0. The quantitative estimate of drug-likeness (QED) is 0.825. The molecular formula is C14H20N2OS. The first-order valence-corrected chi connectivity index (χ1v) is 7.64. The minimum atomic E-state index is -0.0336. The van der Waals surface area contributed by atoms with Gasteiger partial charge < -0.3 is 11.1 Å². The van der Waals surface area contributed by atoms with E-state index in [4.69, 9.17) is 5.73 Å². The van der Waals surface area contributed by atoms with Gasteiger partial charge in [0.1, 0.15) is 0 Å². The highest BCUT2D eigenvalue weighted by Gasteiger charge is 2.28. The first-order valence-electron chi connectivity index (χ1n) is 6.42. The van der Waals surface area contributed by atoms with Crippen LogP contribution in [-0.2, 0) is 4.79 Å². The highest BCUT2D eigenvalue weighted by Crippen LogP contribution is 2.28. The Morgan fingerprint density at radius 3 is 2.78 bits per heavy atom. The Morgan fingerprint density at radius 1 is 1.33 bits per heavy atom. The largest absolute Gasteiger partial charge is 0.327 e. The summed E-state index contributed by atoms with van der Waals surface area (Å²) in [7, 11) is 0. The Morgan fingerprint density at radius 2 is 2.06 bits per heavy atom. The van der Waals surface area contributed by atoms with E-state index >= 15 is 0 Å². The predicted octanol–water partition coefficient (Wildman–Crippen LogP) is 2.86. The molecule has 0 aliphatic heterocycles. The molecule has 1 aromatic carbocycles. The van der Waals surface area contributed by atoms with Crippen molar-refractivity contribution in [2.24, 2.45) is 11.7 Å². The molecule has 1 amide bonds. The van der Waals surface area contributed by atoms with Gasteiger partial charge in [-0.25, -0.2) is 0 Å². The number of anilines is 1. The standard InChI is InChI=1S/C14H20N2OS/c1-18-13-9-5-4-8-12(13)16-14(17)10-6-2-3-7-11(10)15/h4-5,8-11H,2-3,6-7,15H2,1H3,(H,16,17). The summed E-state index contributed by atoms with van der Waals surface area (Å²) in [4.78, 5) is 13.3. The summed E-state index contributed by atoms with van der Waals surface area (Å²) in [6.45, 7) is 0. The van der Waals surface area contributed by atoms with Crippen molar-refractivity contribution in [3.8, 4) is 0 Å². The SMILES string of the molecule is CSc1ccccc1NC(=O)C1CCCCC1N. The second-order valence-electron chi connectivity index (χ2n) is 4.74. The minimum absolute atomic E-state index is 0.0141.